The summed E-state index contributed by atoms with van der Waals surface area (Å²) in [5, 5.41) is 3.10. The van der Waals surface area contributed by atoms with Crippen molar-refractivity contribution in [2.75, 3.05) is 11.9 Å². The molecule has 2 heterocycles. The fraction of sp³-hybridized carbons (Fsp3) is 0.538. The number of hydrogen-bond donors (Lipinski definition) is 2. The highest BCUT2D eigenvalue weighted by Crippen LogP contribution is 2.23. The van der Waals surface area contributed by atoms with Gasteiger partial charge >= 0.3 is 5.97 Å². The van der Waals surface area contributed by atoms with E-state index in [0.29, 0.717) is 11.4 Å². The van der Waals surface area contributed by atoms with Crippen molar-refractivity contribution in [1.29, 1.82) is 0 Å². The number of esters is 1. The number of fused-ring (bicyclic) bond motifs is 1. The van der Waals surface area contributed by atoms with Crippen molar-refractivity contribution < 1.29 is 9.53 Å². The van der Waals surface area contributed by atoms with E-state index in [4.69, 9.17) is 4.74 Å². The van der Waals surface area contributed by atoms with Gasteiger partial charge in [0.2, 0.25) is 5.56 Å². The smallest absolute Gasteiger partial charge is 0.339 e. The van der Waals surface area contributed by atoms with Gasteiger partial charge in [0.05, 0.1) is 5.56 Å². The largest absolute Gasteiger partial charge is 0.456 e. The highest BCUT2D eigenvalue weighted by molar-refractivity contribution is 5.92. The molecule has 0 bridgehead atoms. The summed E-state index contributed by atoms with van der Waals surface area (Å²) in [6.07, 6.45) is 1.71. The number of anilines is 1. The highest BCUT2D eigenvalue weighted by atomic mass is 16.6. The number of aromatic nitrogens is 1. The van der Waals surface area contributed by atoms with E-state index in [0.717, 1.165) is 24.9 Å². The lowest BCUT2D eigenvalue weighted by Crippen LogP contribution is -2.28. The van der Waals surface area contributed by atoms with E-state index in [1.165, 1.54) is 6.07 Å². The molecule has 0 atom stereocenters. The summed E-state index contributed by atoms with van der Waals surface area (Å²) in [5.74, 6) is 0.211. The number of hydrogen-bond acceptors (Lipinski definition) is 4. The van der Waals surface area contributed by atoms with E-state index in [1.807, 2.05) is 20.8 Å². The van der Waals surface area contributed by atoms with Crippen molar-refractivity contribution >= 4 is 11.8 Å². The Hall–Kier alpha value is -1.78. The molecule has 1 aliphatic rings. The van der Waals surface area contributed by atoms with Gasteiger partial charge in [-0.05, 0) is 33.6 Å². The second kappa shape index (κ2) is 4.48. The Morgan fingerprint density at radius 1 is 1.39 bits per heavy atom. The Morgan fingerprint density at radius 3 is 2.78 bits per heavy atom. The first-order valence-electron chi connectivity index (χ1n) is 6.10. The number of pyridine rings is 1. The first-order valence-corrected chi connectivity index (χ1v) is 6.10. The minimum Gasteiger partial charge on any atom is -0.456 e. The van der Waals surface area contributed by atoms with Crippen LogP contribution in [0.3, 0.4) is 0 Å². The molecule has 2 N–H and O–H groups in total. The van der Waals surface area contributed by atoms with Crippen molar-refractivity contribution in [3.05, 3.63) is 27.5 Å². The molecule has 5 heteroatoms. The monoisotopic (exact) mass is 250 g/mol. The molecular weight excluding hydrogens is 232 g/mol. The maximum Gasteiger partial charge on any atom is 0.339 e. The van der Waals surface area contributed by atoms with Crippen LogP contribution in [0.4, 0.5) is 5.82 Å². The van der Waals surface area contributed by atoms with E-state index in [2.05, 4.69) is 10.3 Å². The second-order valence-corrected chi connectivity index (χ2v) is 5.43. The van der Waals surface area contributed by atoms with Crippen LogP contribution in [0.15, 0.2) is 10.9 Å². The zero-order chi connectivity index (χ0) is 13.3. The van der Waals surface area contributed by atoms with Gasteiger partial charge < -0.3 is 15.0 Å². The van der Waals surface area contributed by atoms with Gasteiger partial charge in [0.1, 0.15) is 11.4 Å². The SMILES string of the molecule is CC(C)(C)OC(=O)c1cc(=O)[nH]c2c1CCCN2. The maximum absolute atomic E-state index is 12.1. The lowest BCUT2D eigenvalue weighted by molar-refractivity contribution is 0.00680. The molecule has 0 radical (unpaired) electrons. The van der Waals surface area contributed by atoms with Crippen molar-refractivity contribution in [3.63, 3.8) is 0 Å². The van der Waals surface area contributed by atoms with E-state index in [-0.39, 0.29) is 5.56 Å². The molecule has 0 fully saturated rings. The summed E-state index contributed by atoms with van der Waals surface area (Å²) >= 11 is 0. The number of carbonyl (C=O) groups is 1. The van der Waals surface area contributed by atoms with Crippen LogP contribution < -0.4 is 10.9 Å². The van der Waals surface area contributed by atoms with Gasteiger partial charge in [-0.1, -0.05) is 0 Å². The van der Waals surface area contributed by atoms with Crippen LogP contribution in [0.2, 0.25) is 0 Å². The molecule has 0 amide bonds. The first kappa shape index (κ1) is 12.7. The molecule has 0 aromatic carbocycles. The summed E-state index contributed by atoms with van der Waals surface area (Å²) in [7, 11) is 0. The molecule has 98 valence electrons. The van der Waals surface area contributed by atoms with Gasteiger partial charge in [-0.15, -0.1) is 0 Å². The quantitative estimate of drug-likeness (QED) is 0.744. The third kappa shape index (κ3) is 2.72. The fourth-order valence-corrected chi connectivity index (χ4v) is 1.99. The molecule has 2 rings (SSSR count). The van der Waals surface area contributed by atoms with E-state index in [1.54, 1.807) is 0 Å². The fourth-order valence-electron chi connectivity index (χ4n) is 1.99. The first-order chi connectivity index (χ1) is 8.37. The molecule has 18 heavy (non-hydrogen) atoms. The Bertz CT molecular complexity index is 526. The number of aromatic amines is 1. The van der Waals surface area contributed by atoms with Crippen LogP contribution in [0.5, 0.6) is 0 Å². The minimum atomic E-state index is -0.561. The Balaban J connectivity index is 2.41. The number of carbonyl (C=O) groups excluding carboxylic acids is 1. The molecule has 0 saturated carbocycles. The van der Waals surface area contributed by atoms with Gasteiger partial charge in [0.25, 0.3) is 0 Å². The van der Waals surface area contributed by atoms with Crippen molar-refractivity contribution in [3.8, 4) is 0 Å². The zero-order valence-corrected chi connectivity index (χ0v) is 10.9. The standard InChI is InChI=1S/C13H18N2O3/c1-13(2,3)18-12(17)9-7-10(16)15-11-8(9)5-4-6-14-11/h7H,4-6H2,1-3H3,(H2,14,15,16). The minimum absolute atomic E-state index is 0.288. The summed E-state index contributed by atoms with van der Waals surface area (Å²) in [6, 6.07) is 1.32. The number of H-pyrrole nitrogens is 1. The summed E-state index contributed by atoms with van der Waals surface area (Å²) in [6.45, 7) is 6.23. The lowest BCUT2D eigenvalue weighted by atomic mass is 10.0. The Morgan fingerprint density at radius 2 is 2.11 bits per heavy atom. The number of nitrogens with one attached hydrogen (secondary N) is 2. The Kier molecular flexibility index (Phi) is 3.15. The number of ether oxygens (including phenoxy) is 1. The highest BCUT2D eigenvalue weighted by Gasteiger charge is 2.24. The van der Waals surface area contributed by atoms with Crippen LogP contribution in [-0.4, -0.2) is 23.1 Å². The van der Waals surface area contributed by atoms with Gasteiger partial charge in [0, 0.05) is 18.2 Å². The van der Waals surface area contributed by atoms with Crippen LogP contribution in [0, 0.1) is 0 Å². The zero-order valence-electron chi connectivity index (χ0n) is 10.9. The van der Waals surface area contributed by atoms with Crippen molar-refractivity contribution in [1.82, 2.24) is 4.98 Å². The molecule has 1 aromatic rings. The van der Waals surface area contributed by atoms with Crippen LogP contribution in [0.1, 0.15) is 43.1 Å². The topological polar surface area (TPSA) is 71.2 Å². The lowest BCUT2D eigenvalue weighted by Gasteiger charge is -2.23. The molecule has 5 nitrogen and oxygen atoms in total. The number of rotatable bonds is 1. The van der Waals surface area contributed by atoms with E-state index < -0.39 is 11.6 Å². The molecule has 0 unspecified atom stereocenters. The summed E-state index contributed by atoms with van der Waals surface area (Å²) < 4.78 is 5.33. The molecule has 0 aliphatic carbocycles. The van der Waals surface area contributed by atoms with Crippen LogP contribution >= 0.6 is 0 Å². The van der Waals surface area contributed by atoms with Gasteiger partial charge in [-0.2, -0.15) is 0 Å². The predicted octanol–water partition coefficient (Wildman–Crippen LogP) is 1.69. The third-order valence-electron chi connectivity index (χ3n) is 2.67. The van der Waals surface area contributed by atoms with Crippen LogP contribution in [0.25, 0.3) is 0 Å². The Labute approximate surface area is 106 Å². The van der Waals surface area contributed by atoms with E-state index >= 15 is 0 Å². The van der Waals surface area contributed by atoms with Crippen molar-refractivity contribution in [2.45, 2.75) is 39.2 Å². The second-order valence-electron chi connectivity index (χ2n) is 5.43. The molecule has 1 aliphatic heterocycles. The summed E-state index contributed by atoms with van der Waals surface area (Å²) in [5.41, 5.74) is 0.365. The van der Waals surface area contributed by atoms with Gasteiger partial charge in [-0.25, -0.2) is 4.79 Å². The predicted molar refractivity (Wildman–Crippen MR) is 69.0 cm³/mol. The molecule has 0 saturated heterocycles. The average Bonchev–Trinajstić information content (AvgIpc) is 2.25. The maximum atomic E-state index is 12.1. The van der Waals surface area contributed by atoms with Crippen LogP contribution in [-0.2, 0) is 11.2 Å². The normalized spacial score (nSPS) is 14.6. The molecular formula is C13H18N2O3. The molecule has 1 aromatic heterocycles. The van der Waals surface area contributed by atoms with E-state index in [9.17, 15) is 9.59 Å². The van der Waals surface area contributed by atoms with Gasteiger partial charge in [-0.3, -0.25) is 4.79 Å². The van der Waals surface area contributed by atoms with Crippen molar-refractivity contribution in [2.24, 2.45) is 0 Å². The average molecular weight is 250 g/mol. The summed E-state index contributed by atoms with van der Waals surface area (Å²) in [4.78, 5) is 26.3. The molecule has 0 spiro atoms. The third-order valence-corrected chi connectivity index (χ3v) is 2.67. The van der Waals surface area contributed by atoms with Gasteiger partial charge in [0.15, 0.2) is 0 Å².